The number of nitrogens with one attached hydrogen (secondary N) is 1. The van der Waals surface area contributed by atoms with Crippen molar-refractivity contribution in [1.29, 1.82) is 0 Å². The molecule has 0 aliphatic heterocycles. The third-order valence-electron chi connectivity index (χ3n) is 3.17. The molecule has 0 radical (unpaired) electrons. The lowest BCUT2D eigenvalue weighted by Crippen LogP contribution is -2.19. The lowest BCUT2D eigenvalue weighted by atomic mass is 10.1. The summed E-state index contributed by atoms with van der Waals surface area (Å²) in [6, 6.07) is 5.93. The monoisotopic (exact) mass is 335 g/mol. The zero-order valence-corrected chi connectivity index (χ0v) is 13.5. The molecule has 0 saturated heterocycles. The molecule has 120 valence electrons. The normalized spacial score (nSPS) is 11.4. The number of benzene rings is 1. The maximum atomic E-state index is 12.0. The fraction of sp³-hybridized carbons (Fsp3) is 0.200. The SMILES string of the molecule is C/C(=N/NC(=O)c1cc(C)oc1C)c1ccc(Cl)c([N+](=O)[O-])c1. The van der Waals surface area contributed by atoms with Crippen LogP contribution in [0, 0.1) is 24.0 Å². The average molecular weight is 336 g/mol. The molecular weight excluding hydrogens is 322 g/mol. The van der Waals surface area contributed by atoms with Crippen molar-refractivity contribution in [2.45, 2.75) is 20.8 Å². The largest absolute Gasteiger partial charge is 0.466 e. The third-order valence-corrected chi connectivity index (χ3v) is 3.49. The van der Waals surface area contributed by atoms with Gasteiger partial charge >= 0.3 is 0 Å². The molecule has 1 N–H and O–H groups in total. The Labute approximate surface area is 137 Å². The zero-order chi connectivity index (χ0) is 17.1. The van der Waals surface area contributed by atoms with Gasteiger partial charge < -0.3 is 4.42 Å². The zero-order valence-electron chi connectivity index (χ0n) is 12.7. The van der Waals surface area contributed by atoms with Gasteiger partial charge in [-0.1, -0.05) is 17.7 Å². The van der Waals surface area contributed by atoms with E-state index < -0.39 is 10.8 Å². The molecule has 0 unspecified atom stereocenters. The summed E-state index contributed by atoms with van der Waals surface area (Å²) in [5.74, 6) is 0.707. The lowest BCUT2D eigenvalue weighted by Gasteiger charge is -2.03. The molecule has 2 rings (SSSR count). The van der Waals surface area contributed by atoms with Crippen LogP contribution in [0.25, 0.3) is 0 Å². The predicted octanol–water partition coefficient (Wildman–Crippen LogP) is 3.61. The molecule has 2 aromatic rings. The molecule has 8 heteroatoms. The lowest BCUT2D eigenvalue weighted by molar-refractivity contribution is -0.384. The third kappa shape index (κ3) is 3.75. The fourth-order valence-electron chi connectivity index (χ4n) is 1.99. The average Bonchev–Trinajstić information content (AvgIpc) is 2.83. The smallest absolute Gasteiger partial charge is 0.288 e. The summed E-state index contributed by atoms with van der Waals surface area (Å²) in [5.41, 5.74) is 3.47. The van der Waals surface area contributed by atoms with E-state index in [1.807, 2.05) is 0 Å². The van der Waals surface area contributed by atoms with Crippen molar-refractivity contribution >= 4 is 28.9 Å². The molecule has 23 heavy (non-hydrogen) atoms. The van der Waals surface area contributed by atoms with Crippen LogP contribution in [0.1, 0.15) is 34.4 Å². The number of amides is 1. The van der Waals surface area contributed by atoms with Gasteiger partial charge in [0.15, 0.2) is 0 Å². The second-order valence-electron chi connectivity index (χ2n) is 4.89. The number of halogens is 1. The Balaban J connectivity index is 2.20. The Morgan fingerprint density at radius 1 is 1.35 bits per heavy atom. The maximum absolute atomic E-state index is 12.0. The van der Waals surface area contributed by atoms with Gasteiger partial charge in [0.1, 0.15) is 16.5 Å². The van der Waals surface area contributed by atoms with Gasteiger partial charge in [-0.15, -0.1) is 0 Å². The standard InChI is InChI=1S/C15H14ClN3O4/c1-8-6-12(10(3)23-8)15(20)18-17-9(2)11-4-5-13(16)14(7-11)19(21)22/h4-7H,1-3H3,(H,18,20)/b17-9-. The number of hydrogen-bond donors (Lipinski definition) is 1. The first-order chi connectivity index (χ1) is 10.8. The molecular formula is C15H14ClN3O4. The molecule has 0 aliphatic rings. The molecule has 0 fully saturated rings. The van der Waals surface area contributed by atoms with Crippen LogP contribution >= 0.6 is 11.6 Å². The van der Waals surface area contributed by atoms with E-state index in [9.17, 15) is 14.9 Å². The molecule has 1 heterocycles. The van der Waals surface area contributed by atoms with E-state index in [-0.39, 0.29) is 10.7 Å². The second-order valence-corrected chi connectivity index (χ2v) is 5.30. The second kappa shape index (κ2) is 6.62. The van der Waals surface area contributed by atoms with Crippen LogP contribution < -0.4 is 5.43 Å². The van der Waals surface area contributed by atoms with E-state index in [1.165, 1.54) is 12.1 Å². The molecule has 1 aromatic heterocycles. The van der Waals surface area contributed by atoms with E-state index in [1.54, 1.807) is 32.9 Å². The van der Waals surface area contributed by atoms with Crippen LogP contribution in [-0.2, 0) is 0 Å². The van der Waals surface area contributed by atoms with Gasteiger partial charge in [0.25, 0.3) is 11.6 Å². The highest BCUT2D eigenvalue weighted by molar-refractivity contribution is 6.32. The minimum Gasteiger partial charge on any atom is -0.466 e. The van der Waals surface area contributed by atoms with E-state index in [0.29, 0.717) is 28.4 Å². The van der Waals surface area contributed by atoms with Gasteiger partial charge in [0.05, 0.1) is 16.2 Å². The molecule has 1 aromatic carbocycles. The number of nitrogens with zero attached hydrogens (tertiary/aromatic N) is 2. The highest BCUT2D eigenvalue weighted by Crippen LogP contribution is 2.25. The Morgan fingerprint density at radius 2 is 2.04 bits per heavy atom. The van der Waals surface area contributed by atoms with Crippen LogP contribution in [0.4, 0.5) is 5.69 Å². The molecule has 0 aliphatic carbocycles. The minimum atomic E-state index is -0.574. The first-order valence-electron chi connectivity index (χ1n) is 6.65. The Bertz CT molecular complexity index is 811. The highest BCUT2D eigenvalue weighted by atomic mass is 35.5. The van der Waals surface area contributed by atoms with E-state index in [0.717, 1.165) is 0 Å². The highest BCUT2D eigenvalue weighted by Gasteiger charge is 2.15. The summed E-state index contributed by atoms with van der Waals surface area (Å²) in [4.78, 5) is 22.4. The van der Waals surface area contributed by atoms with Crippen molar-refractivity contribution in [2.75, 3.05) is 0 Å². The van der Waals surface area contributed by atoms with Crippen molar-refractivity contribution in [3.63, 3.8) is 0 Å². The molecule has 0 bridgehead atoms. The van der Waals surface area contributed by atoms with Crippen molar-refractivity contribution in [1.82, 2.24) is 5.43 Å². The first-order valence-corrected chi connectivity index (χ1v) is 7.03. The number of carbonyl (C=O) groups excluding carboxylic acids is 1. The quantitative estimate of drug-likeness (QED) is 0.524. The summed E-state index contributed by atoms with van der Waals surface area (Å²) >= 11 is 5.76. The van der Waals surface area contributed by atoms with Gasteiger partial charge in [-0.25, -0.2) is 5.43 Å². The predicted molar refractivity (Wildman–Crippen MR) is 86.0 cm³/mol. The minimum absolute atomic E-state index is 0.0417. The Kier molecular flexibility index (Phi) is 4.80. The van der Waals surface area contributed by atoms with Crippen molar-refractivity contribution in [2.24, 2.45) is 5.10 Å². The van der Waals surface area contributed by atoms with E-state index in [2.05, 4.69) is 10.5 Å². The topological polar surface area (TPSA) is 97.7 Å². The van der Waals surface area contributed by atoms with Crippen LogP contribution in [0.2, 0.25) is 5.02 Å². The number of rotatable bonds is 4. The van der Waals surface area contributed by atoms with Crippen LogP contribution in [0.5, 0.6) is 0 Å². The van der Waals surface area contributed by atoms with Crippen LogP contribution in [0.15, 0.2) is 33.8 Å². The summed E-state index contributed by atoms with van der Waals surface area (Å²) in [6.07, 6.45) is 0. The fourth-order valence-corrected chi connectivity index (χ4v) is 2.18. The van der Waals surface area contributed by atoms with Crippen LogP contribution in [-0.4, -0.2) is 16.5 Å². The number of nitro groups is 1. The summed E-state index contributed by atoms with van der Waals surface area (Å²) in [6.45, 7) is 5.05. The molecule has 0 saturated carbocycles. The number of aryl methyl sites for hydroxylation is 2. The number of hydrogen-bond acceptors (Lipinski definition) is 5. The van der Waals surface area contributed by atoms with Crippen LogP contribution in [0.3, 0.4) is 0 Å². The summed E-state index contributed by atoms with van der Waals surface area (Å²) in [5, 5.41) is 14.9. The molecule has 7 nitrogen and oxygen atoms in total. The van der Waals surface area contributed by atoms with Gasteiger partial charge in [0, 0.05) is 11.6 Å². The molecule has 0 atom stereocenters. The van der Waals surface area contributed by atoms with E-state index in [4.69, 9.17) is 16.0 Å². The number of hydrazone groups is 1. The number of carbonyl (C=O) groups is 1. The molecule has 1 amide bonds. The van der Waals surface area contributed by atoms with Gasteiger partial charge in [-0.05, 0) is 32.9 Å². The van der Waals surface area contributed by atoms with Gasteiger partial charge in [0.2, 0.25) is 0 Å². The molecule has 0 spiro atoms. The number of nitro benzene ring substituents is 1. The van der Waals surface area contributed by atoms with E-state index >= 15 is 0 Å². The van der Waals surface area contributed by atoms with Crippen molar-refractivity contribution in [3.05, 3.63) is 62.0 Å². The summed E-state index contributed by atoms with van der Waals surface area (Å²) in [7, 11) is 0. The van der Waals surface area contributed by atoms with Crippen molar-refractivity contribution in [3.8, 4) is 0 Å². The Hall–Kier alpha value is -2.67. The number of furan rings is 1. The van der Waals surface area contributed by atoms with Gasteiger partial charge in [-0.2, -0.15) is 5.10 Å². The van der Waals surface area contributed by atoms with Crippen molar-refractivity contribution < 1.29 is 14.1 Å². The summed E-state index contributed by atoms with van der Waals surface area (Å²) < 4.78 is 5.28. The first kappa shape index (κ1) is 16.7. The van der Waals surface area contributed by atoms with Gasteiger partial charge in [-0.3, -0.25) is 14.9 Å². The maximum Gasteiger partial charge on any atom is 0.288 e. The Morgan fingerprint density at radius 3 is 2.61 bits per heavy atom.